The van der Waals surface area contributed by atoms with Gasteiger partial charge < -0.3 is 5.32 Å². The second-order valence-electron chi connectivity index (χ2n) is 5.31. The summed E-state index contributed by atoms with van der Waals surface area (Å²) in [6.45, 7) is 9.97. The van der Waals surface area contributed by atoms with E-state index in [2.05, 4.69) is 34.3 Å². The molecule has 1 atom stereocenters. The molecule has 6 heteroatoms. The fraction of sp³-hybridized carbons (Fsp3) is 0.533. The van der Waals surface area contributed by atoms with Crippen molar-refractivity contribution in [3.8, 4) is 0 Å². The van der Waals surface area contributed by atoms with Crippen LogP contribution in [0.15, 0.2) is 0 Å². The molecule has 0 aliphatic rings. The summed E-state index contributed by atoms with van der Waals surface area (Å²) in [6, 6.07) is -0.0117. The quantitative estimate of drug-likeness (QED) is 0.892. The lowest BCUT2D eigenvalue weighted by molar-refractivity contribution is -0.121. The van der Waals surface area contributed by atoms with Crippen molar-refractivity contribution >= 4 is 17.2 Å². The molecule has 0 saturated heterocycles. The Kier molecular flexibility index (Phi) is 4.77. The summed E-state index contributed by atoms with van der Waals surface area (Å²) in [7, 11) is 0. The number of hydrogen-bond donors (Lipinski definition) is 2. The summed E-state index contributed by atoms with van der Waals surface area (Å²) in [5, 5.41) is 11.1. The first-order chi connectivity index (χ1) is 9.92. The number of rotatable bonds is 5. The maximum Gasteiger partial charge on any atom is 0.225 e. The summed E-state index contributed by atoms with van der Waals surface area (Å²) >= 11 is 1.66. The molecule has 2 aromatic heterocycles. The molecule has 5 nitrogen and oxygen atoms in total. The summed E-state index contributed by atoms with van der Waals surface area (Å²) < 4.78 is 0. The van der Waals surface area contributed by atoms with E-state index in [-0.39, 0.29) is 11.9 Å². The number of aromatic amines is 1. The molecule has 1 amide bonds. The normalized spacial score (nSPS) is 12.4. The number of aryl methyl sites for hydroxylation is 4. The standard InChI is InChI=1S/C15H22N4OS/c1-6-13(15-16-8(2)11(5)21-15)17-14(20)7-12-9(3)18-19-10(12)4/h13H,6-7H2,1-5H3,(H,17,20)(H,18,19)/t13-/m1/s1. The molecule has 0 unspecified atom stereocenters. The van der Waals surface area contributed by atoms with Crippen LogP contribution in [0.4, 0.5) is 0 Å². The van der Waals surface area contributed by atoms with Gasteiger partial charge in [0.05, 0.1) is 23.9 Å². The van der Waals surface area contributed by atoms with E-state index in [1.54, 1.807) is 11.3 Å². The Morgan fingerprint density at radius 3 is 2.48 bits per heavy atom. The van der Waals surface area contributed by atoms with E-state index in [0.717, 1.165) is 34.1 Å². The summed E-state index contributed by atoms with van der Waals surface area (Å²) in [5.41, 5.74) is 3.87. The molecule has 0 bridgehead atoms. The van der Waals surface area contributed by atoms with Gasteiger partial charge in [-0.1, -0.05) is 6.92 Å². The van der Waals surface area contributed by atoms with Crippen LogP contribution in [-0.4, -0.2) is 21.1 Å². The first-order valence-electron chi connectivity index (χ1n) is 7.16. The molecule has 0 spiro atoms. The number of nitrogens with one attached hydrogen (secondary N) is 2. The molecule has 0 radical (unpaired) electrons. The molecule has 0 aliphatic heterocycles. The van der Waals surface area contributed by atoms with Crippen molar-refractivity contribution in [2.24, 2.45) is 0 Å². The Bertz CT molecular complexity index is 605. The van der Waals surface area contributed by atoms with Gasteiger partial charge in [-0.25, -0.2) is 4.98 Å². The molecular weight excluding hydrogens is 284 g/mol. The van der Waals surface area contributed by atoms with Gasteiger partial charge in [-0.05, 0) is 34.1 Å². The third kappa shape index (κ3) is 3.50. The third-order valence-electron chi connectivity index (χ3n) is 3.70. The number of nitrogens with zero attached hydrogens (tertiary/aromatic N) is 2. The fourth-order valence-electron chi connectivity index (χ4n) is 2.23. The highest BCUT2D eigenvalue weighted by Crippen LogP contribution is 2.25. The third-order valence-corrected chi connectivity index (χ3v) is 4.89. The molecule has 21 heavy (non-hydrogen) atoms. The lowest BCUT2D eigenvalue weighted by Gasteiger charge is -2.14. The van der Waals surface area contributed by atoms with Crippen LogP contribution < -0.4 is 5.32 Å². The van der Waals surface area contributed by atoms with E-state index in [9.17, 15) is 4.79 Å². The van der Waals surface area contributed by atoms with Crippen molar-refractivity contribution in [3.05, 3.63) is 32.5 Å². The summed E-state index contributed by atoms with van der Waals surface area (Å²) in [4.78, 5) is 18.0. The maximum absolute atomic E-state index is 12.3. The van der Waals surface area contributed by atoms with Gasteiger partial charge in [0.1, 0.15) is 5.01 Å². The second kappa shape index (κ2) is 6.39. The highest BCUT2D eigenvalue weighted by Gasteiger charge is 2.19. The molecule has 2 aromatic rings. The predicted molar refractivity (Wildman–Crippen MR) is 84.5 cm³/mol. The number of H-pyrrole nitrogens is 1. The van der Waals surface area contributed by atoms with Gasteiger partial charge in [-0.3, -0.25) is 9.89 Å². The Balaban J connectivity index is 2.06. The van der Waals surface area contributed by atoms with Gasteiger partial charge in [0.2, 0.25) is 5.91 Å². The molecule has 0 saturated carbocycles. The topological polar surface area (TPSA) is 70.7 Å². The average molecular weight is 306 g/mol. The number of thiazole rings is 1. The van der Waals surface area contributed by atoms with Crippen LogP contribution in [0.3, 0.4) is 0 Å². The Hall–Kier alpha value is -1.69. The maximum atomic E-state index is 12.3. The molecule has 2 N–H and O–H groups in total. The SMILES string of the molecule is CC[C@@H](NC(=O)Cc1c(C)n[nH]c1C)c1nc(C)c(C)s1. The zero-order chi connectivity index (χ0) is 15.6. The van der Waals surface area contributed by atoms with E-state index in [4.69, 9.17) is 0 Å². The largest absolute Gasteiger partial charge is 0.347 e. The smallest absolute Gasteiger partial charge is 0.225 e. The Morgan fingerprint density at radius 2 is 2.00 bits per heavy atom. The van der Waals surface area contributed by atoms with Crippen molar-refractivity contribution in [2.75, 3.05) is 0 Å². The number of carbonyl (C=O) groups excluding carboxylic acids is 1. The van der Waals surface area contributed by atoms with E-state index in [1.807, 2.05) is 20.8 Å². The van der Waals surface area contributed by atoms with Gasteiger partial charge in [0.25, 0.3) is 0 Å². The van der Waals surface area contributed by atoms with E-state index < -0.39 is 0 Å². The minimum atomic E-state index is -0.0117. The van der Waals surface area contributed by atoms with Crippen molar-refractivity contribution < 1.29 is 4.79 Å². The molecule has 0 fully saturated rings. The van der Waals surface area contributed by atoms with E-state index >= 15 is 0 Å². The predicted octanol–water partition coefficient (Wildman–Crippen LogP) is 2.91. The van der Waals surface area contributed by atoms with Gasteiger partial charge >= 0.3 is 0 Å². The molecular formula is C15H22N4OS. The number of carbonyl (C=O) groups is 1. The number of aromatic nitrogens is 3. The first-order valence-corrected chi connectivity index (χ1v) is 7.97. The average Bonchev–Trinajstić information content (AvgIpc) is 2.93. The van der Waals surface area contributed by atoms with Crippen LogP contribution in [-0.2, 0) is 11.2 Å². The van der Waals surface area contributed by atoms with Crippen molar-refractivity contribution in [3.63, 3.8) is 0 Å². The second-order valence-corrected chi connectivity index (χ2v) is 6.55. The Labute approximate surface area is 129 Å². The van der Waals surface area contributed by atoms with E-state index in [0.29, 0.717) is 6.42 Å². The van der Waals surface area contributed by atoms with Crippen LogP contribution >= 0.6 is 11.3 Å². The fourth-order valence-corrected chi connectivity index (χ4v) is 3.28. The molecule has 2 heterocycles. The first kappa shape index (κ1) is 15.7. The molecule has 114 valence electrons. The minimum absolute atomic E-state index is 0.0117. The number of amides is 1. The van der Waals surface area contributed by atoms with Crippen molar-refractivity contribution in [1.82, 2.24) is 20.5 Å². The van der Waals surface area contributed by atoms with Gasteiger partial charge in [-0.15, -0.1) is 11.3 Å². The zero-order valence-electron chi connectivity index (χ0n) is 13.2. The summed E-state index contributed by atoms with van der Waals surface area (Å²) in [6.07, 6.45) is 1.19. The molecule has 2 rings (SSSR count). The lowest BCUT2D eigenvalue weighted by atomic mass is 10.1. The molecule has 0 aromatic carbocycles. The minimum Gasteiger partial charge on any atom is -0.347 e. The highest BCUT2D eigenvalue weighted by molar-refractivity contribution is 7.11. The van der Waals surface area contributed by atoms with Crippen molar-refractivity contribution in [1.29, 1.82) is 0 Å². The monoisotopic (exact) mass is 306 g/mol. The van der Waals surface area contributed by atoms with Crippen molar-refractivity contribution in [2.45, 2.75) is 53.5 Å². The summed E-state index contributed by atoms with van der Waals surface area (Å²) in [5.74, 6) is 0.0138. The number of hydrogen-bond acceptors (Lipinski definition) is 4. The van der Waals surface area contributed by atoms with Crippen LogP contribution in [0.1, 0.15) is 51.9 Å². The van der Waals surface area contributed by atoms with Crippen LogP contribution in [0.5, 0.6) is 0 Å². The van der Waals surface area contributed by atoms with Gasteiger partial charge in [-0.2, -0.15) is 5.10 Å². The van der Waals surface area contributed by atoms with Crippen LogP contribution in [0, 0.1) is 27.7 Å². The Morgan fingerprint density at radius 1 is 1.29 bits per heavy atom. The zero-order valence-corrected chi connectivity index (χ0v) is 14.0. The lowest BCUT2D eigenvalue weighted by Crippen LogP contribution is -2.29. The van der Waals surface area contributed by atoms with Crippen LogP contribution in [0.2, 0.25) is 0 Å². The van der Waals surface area contributed by atoms with Gasteiger partial charge in [0, 0.05) is 16.1 Å². The van der Waals surface area contributed by atoms with Crippen LogP contribution in [0.25, 0.3) is 0 Å². The highest BCUT2D eigenvalue weighted by atomic mass is 32.1. The van der Waals surface area contributed by atoms with Gasteiger partial charge in [0.15, 0.2) is 0 Å². The molecule has 0 aliphatic carbocycles. The van der Waals surface area contributed by atoms with E-state index in [1.165, 1.54) is 4.88 Å².